The lowest BCUT2D eigenvalue weighted by Gasteiger charge is -2.25. The van der Waals surface area contributed by atoms with E-state index < -0.39 is 0 Å². The predicted octanol–water partition coefficient (Wildman–Crippen LogP) is 3.09. The summed E-state index contributed by atoms with van der Waals surface area (Å²) in [6.45, 7) is 3.20. The summed E-state index contributed by atoms with van der Waals surface area (Å²) in [5, 5.41) is 3.66. The molecule has 2 amide bonds. The number of likely N-dealkylation sites (N-methyl/N-ethyl adjacent to an activating group) is 1. The number of amides is 2. The number of hydrogen-bond donors (Lipinski definition) is 2. The fourth-order valence-corrected chi connectivity index (χ4v) is 2.79. The molecule has 0 fully saturated rings. The number of benzene rings is 1. The van der Waals surface area contributed by atoms with E-state index in [1.165, 1.54) is 0 Å². The third kappa shape index (κ3) is 4.85. The number of hydrogen-bond acceptors (Lipinski definition) is 3. The Morgan fingerprint density at radius 3 is 2.79 bits per heavy atom. The quantitative estimate of drug-likeness (QED) is 0.805. The van der Waals surface area contributed by atoms with E-state index in [0.29, 0.717) is 24.2 Å². The molecule has 2 N–H and O–H groups in total. The van der Waals surface area contributed by atoms with Crippen molar-refractivity contribution in [3.63, 3.8) is 0 Å². The smallest absolute Gasteiger partial charge is 0.317 e. The lowest BCUT2D eigenvalue weighted by molar-refractivity contribution is 0.198. The van der Waals surface area contributed by atoms with E-state index in [2.05, 4.69) is 27.1 Å². The van der Waals surface area contributed by atoms with Crippen LogP contribution in [0.5, 0.6) is 0 Å². The van der Waals surface area contributed by atoms with Crippen LogP contribution in [0, 0.1) is 0 Å². The minimum Gasteiger partial charge on any atom is -0.340 e. The first-order valence-electron chi connectivity index (χ1n) is 8.20. The summed E-state index contributed by atoms with van der Waals surface area (Å²) in [4.78, 5) is 23.7. The van der Waals surface area contributed by atoms with Crippen molar-refractivity contribution < 1.29 is 4.79 Å². The van der Waals surface area contributed by atoms with Gasteiger partial charge in [0.1, 0.15) is 5.82 Å². The van der Waals surface area contributed by atoms with Crippen LogP contribution in [0.25, 0.3) is 11.0 Å². The van der Waals surface area contributed by atoms with Crippen molar-refractivity contribution in [3.05, 3.63) is 29.0 Å². The summed E-state index contributed by atoms with van der Waals surface area (Å²) in [7, 11) is 5.84. The van der Waals surface area contributed by atoms with E-state index >= 15 is 0 Å². The predicted molar refractivity (Wildman–Crippen MR) is 98.4 cm³/mol. The minimum atomic E-state index is -0.101. The molecule has 0 aliphatic heterocycles. The number of aromatic nitrogens is 2. The zero-order valence-corrected chi connectivity index (χ0v) is 15.5. The highest BCUT2D eigenvalue weighted by Gasteiger charge is 2.15. The maximum Gasteiger partial charge on any atom is 0.317 e. The van der Waals surface area contributed by atoms with Crippen molar-refractivity contribution >= 4 is 28.7 Å². The van der Waals surface area contributed by atoms with Crippen LogP contribution in [0.2, 0.25) is 5.02 Å². The zero-order valence-electron chi connectivity index (χ0n) is 14.8. The summed E-state index contributed by atoms with van der Waals surface area (Å²) in [6, 6.07) is 5.75. The molecule has 0 spiro atoms. The summed E-state index contributed by atoms with van der Waals surface area (Å²) >= 11 is 5.98. The van der Waals surface area contributed by atoms with Crippen LogP contribution in [-0.2, 0) is 6.54 Å². The SMILES string of the molecule is CCC[C@H](CNC(=O)N(C)Cc1nc2ccc(Cl)cc2[nH]1)N(C)C. The summed E-state index contributed by atoms with van der Waals surface area (Å²) < 4.78 is 0. The fraction of sp³-hybridized carbons (Fsp3) is 0.529. The van der Waals surface area contributed by atoms with Crippen LogP contribution in [0.1, 0.15) is 25.6 Å². The van der Waals surface area contributed by atoms with Gasteiger partial charge >= 0.3 is 6.03 Å². The van der Waals surface area contributed by atoms with Crippen LogP contribution in [0.3, 0.4) is 0 Å². The average molecular weight is 352 g/mol. The van der Waals surface area contributed by atoms with Crippen LogP contribution < -0.4 is 5.32 Å². The number of nitrogens with one attached hydrogen (secondary N) is 2. The number of rotatable bonds is 7. The Balaban J connectivity index is 1.92. The summed E-state index contributed by atoms with van der Waals surface area (Å²) in [6.07, 6.45) is 2.15. The highest BCUT2D eigenvalue weighted by Crippen LogP contribution is 2.17. The van der Waals surface area contributed by atoms with Crippen molar-refractivity contribution in [2.24, 2.45) is 0 Å². The van der Waals surface area contributed by atoms with Crippen molar-refractivity contribution in [1.82, 2.24) is 25.1 Å². The molecule has 1 aromatic heterocycles. The van der Waals surface area contributed by atoms with E-state index in [-0.39, 0.29) is 6.03 Å². The molecular weight excluding hydrogens is 326 g/mol. The molecule has 6 nitrogen and oxygen atoms in total. The van der Waals surface area contributed by atoms with Gasteiger partial charge in [0, 0.05) is 24.7 Å². The van der Waals surface area contributed by atoms with Crippen molar-refractivity contribution in [2.75, 3.05) is 27.7 Å². The molecule has 2 aromatic rings. The van der Waals surface area contributed by atoms with E-state index in [0.717, 1.165) is 29.7 Å². The van der Waals surface area contributed by atoms with Gasteiger partial charge < -0.3 is 20.1 Å². The molecule has 1 heterocycles. The van der Waals surface area contributed by atoms with Gasteiger partial charge in [-0.25, -0.2) is 9.78 Å². The van der Waals surface area contributed by atoms with Crippen LogP contribution in [-0.4, -0.2) is 59.5 Å². The van der Waals surface area contributed by atoms with E-state index in [4.69, 9.17) is 11.6 Å². The molecule has 0 bridgehead atoms. The Morgan fingerprint density at radius 2 is 2.12 bits per heavy atom. The molecule has 0 aliphatic rings. The Hall–Kier alpha value is -1.79. The molecule has 132 valence electrons. The first-order valence-corrected chi connectivity index (χ1v) is 8.58. The molecular formula is C17H26ClN5O. The second-order valence-electron chi connectivity index (χ2n) is 6.29. The third-order valence-corrected chi connectivity index (χ3v) is 4.30. The Morgan fingerprint density at radius 1 is 1.38 bits per heavy atom. The lowest BCUT2D eigenvalue weighted by Crippen LogP contribution is -2.44. The van der Waals surface area contributed by atoms with Crippen LogP contribution >= 0.6 is 11.6 Å². The molecule has 1 aromatic carbocycles. The topological polar surface area (TPSA) is 64.3 Å². The molecule has 0 unspecified atom stereocenters. The van der Waals surface area contributed by atoms with Crippen molar-refractivity contribution in [3.8, 4) is 0 Å². The van der Waals surface area contributed by atoms with Gasteiger partial charge in [-0.05, 0) is 38.7 Å². The molecule has 0 aliphatic carbocycles. The number of fused-ring (bicyclic) bond motifs is 1. The van der Waals surface area contributed by atoms with Gasteiger partial charge in [0.25, 0.3) is 0 Å². The molecule has 1 atom stereocenters. The molecule has 7 heteroatoms. The van der Waals surface area contributed by atoms with Gasteiger partial charge in [-0.15, -0.1) is 0 Å². The number of nitrogens with zero attached hydrogens (tertiary/aromatic N) is 3. The van der Waals surface area contributed by atoms with Gasteiger partial charge in [-0.1, -0.05) is 24.9 Å². The molecule has 2 rings (SSSR count). The first kappa shape index (κ1) is 18.5. The van der Waals surface area contributed by atoms with Crippen molar-refractivity contribution in [2.45, 2.75) is 32.4 Å². The maximum absolute atomic E-state index is 12.3. The monoisotopic (exact) mass is 351 g/mol. The lowest BCUT2D eigenvalue weighted by atomic mass is 10.1. The van der Waals surface area contributed by atoms with Crippen LogP contribution in [0.15, 0.2) is 18.2 Å². The van der Waals surface area contributed by atoms with Gasteiger partial charge in [0.15, 0.2) is 0 Å². The maximum atomic E-state index is 12.3. The summed E-state index contributed by atoms with van der Waals surface area (Å²) in [5.74, 6) is 0.739. The normalized spacial score (nSPS) is 12.6. The standard InChI is InChI=1S/C17H26ClN5O/c1-5-6-13(22(2)3)10-19-17(24)23(4)11-16-20-14-8-7-12(18)9-15(14)21-16/h7-9,13H,5-6,10-11H2,1-4H3,(H,19,24)(H,20,21)/t13-/m1/s1. The van der Waals surface area contributed by atoms with E-state index in [1.807, 2.05) is 26.2 Å². The number of urea groups is 1. The Bertz CT molecular complexity index is 685. The highest BCUT2D eigenvalue weighted by molar-refractivity contribution is 6.31. The third-order valence-electron chi connectivity index (χ3n) is 4.07. The van der Waals surface area contributed by atoms with E-state index in [1.54, 1.807) is 18.0 Å². The van der Waals surface area contributed by atoms with Gasteiger partial charge in [-0.3, -0.25) is 0 Å². The Kier molecular flexibility index (Phi) is 6.45. The molecule has 0 saturated heterocycles. The van der Waals surface area contributed by atoms with E-state index in [9.17, 15) is 4.79 Å². The van der Waals surface area contributed by atoms with Crippen LogP contribution in [0.4, 0.5) is 4.79 Å². The zero-order chi connectivity index (χ0) is 17.7. The minimum absolute atomic E-state index is 0.101. The largest absolute Gasteiger partial charge is 0.340 e. The van der Waals surface area contributed by atoms with Gasteiger partial charge in [0.05, 0.1) is 17.6 Å². The number of aromatic amines is 1. The molecule has 0 saturated carbocycles. The van der Waals surface area contributed by atoms with Crippen molar-refractivity contribution in [1.29, 1.82) is 0 Å². The second kappa shape index (κ2) is 8.35. The number of halogens is 1. The number of H-pyrrole nitrogens is 1. The highest BCUT2D eigenvalue weighted by atomic mass is 35.5. The molecule has 0 radical (unpaired) electrons. The Labute approximate surface area is 148 Å². The molecule has 24 heavy (non-hydrogen) atoms. The number of carbonyl (C=O) groups is 1. The number of imidazole rings is 1. The second-order valence-corrected chi connectivity index (χ2v) is 6.73. The fourth-order valence-electron chi connectivity index (χ4n) is 2.62. The average Bonchev–Trinajstić information content (AvgIpc) is 2.91. The number of carbonyl (C=O) groups excluding carboxylic acids is 1. The first-order chi connectivity index (χ1) is 11.4. The van der Waals surface area contributed by atoms with Gasteiger partial charge in [-0.2, -0.15) is 0 Å². The van der Waals surface area contributed by atoms with Gasteiger partial charge in [0.2, 0.25) is 0 Å². The summed E-state index contributed by atoms with van der Waals surface area (Å²) in [5.41, 5.74) is 1.72.